The summed E-state index contributed by atoms with van der Waals surface area (Å²) in [5, 5.41) is 16.9. The van der Waals surface area contributed by atoms with Crippen LogP contribution in [-0.2, 0) is 0 Å². The molecule has 0 aliphatic heterocycles. The van der Waals surface area contributed by atoms with Crippen LogP contribution < -0.4 is 0 Å². The highest BCUT2D eigenvalue weighted by Gasteiger charge is 2.00. The zero-order valence-electron chi connectivity index (χ0n) is 5.96. The lowest BCUT2D eigenvalue weighted by molar-refractivity contribution is 0.423. The van der Waals surface area contributed by atoms with Gasteiger partial charge in [-0.3, -0.25) is 0 Å². The molecule has 0 saturated heterocycles. The molecule has 0 atom stereocenters. The van der Waals surface area contributed by atoms with Crippen LogP contribution in [-0.4, -0.2) is 17.2 Å². The SMILES string of the molecule is CCC/C(C)=C/B(O)O. The maximum atomic E-state index is 8.43. The van der Waals surface area contributed by atoms with Crippen molar-refractivity contribution < 1.29 is 10.0 Å². The minimum atomic E-state index is -1.28. The quantitative estimate of drug-likeness (QED) is 0.550. The Labute approximate surface area is 56.4 Å². The van der Waals surface area contributed by atoms with Crippen molar-refractivity contribution in [3.8, 4) is 0 Å². The van der Waals surface area contributed by atoms with E-state index >= 15 is 0 Å². The first kappa shape index (κ1) is 8.72. The molecule has 0 aromatic rings. The van der Waals surface area contributed by atoms with E-state index in [0.29, 0.717) is 0 Å². The van der Waals surface area contributed by atoms with Crippen LogP contribution >= 0.6 is 0 Å². The minimum absolute atomic E-state index is 0.942. The van der Waals surface area contributed by atoms with Crippen molar-refractivity contribution in [3.63, 3.8) is 0 Å². The van der Waals surface area contributed by atoms with E-state index in [4.69, 9.17) is 10.0 Å². The predicted octanol–water partition coefficient (Wildman–Crippen LogP) is 0.745. The van der Waals surface area contributed by atoms with Crippen LogP contribution in [0.1, 0.15) is 26.7 Å². The van der Waals surface area contributed by atoms with E-state index in [0.717, 1.165) is 18.4 Å². The zero-order chi connectivity index (χ0) is 7.28. The van der Waals surface area contributed by atoms with Crippen LogP contribution in [0.25, 0.3) is 0 Å². The normalized spacial score (nSPS) is 11.8. The van der Waals surface area contributed by atoms with Crippen LogP contribution in [0.5, 0.6) is 0 Å². The Hall–Kier alpha value is -0.275. The van der Waals surface area contributed by atoms with Crippen molar-refractivity contribution in [2.45, 2.75) is 26.7 Å². The smallest absolute Gasteiger partial charge is 0.424 e. The van der Waals surface area contributed by atoms with Crippen molar-refractivity contribution in [1.29, 1.82) is 0 Å². The summed E-state index contributed by atoms with van der Waals surface area (Å²) in [7, 11) is -1.28. The second-order valence-electron chi connectivity index (χ2n) is 2.18. The molecule has 0 bridgehead atoms. The maximum Gasteiger partial charge on any atom is 0.480 e. The fourth-order valence-electron chi connectivity index (χ4n) is 0.732. The largest absolute Gasteiger partial charge is 0.480 e. The molecule has 0 aliphatic carbocycles. The first-order valence-corrected chi connectivity index (χ1v) is 3.20. The highest BCUT2D eigenvalue weighted by molar-refractivity contribution is 6.47. The van der Waals surface area contributed by atoms with Gasteiger partial charge in [0.2, 0.25) is 0 Å². The monoisotopic (exact) mass is 128 g/mol. The molecule has 2 N–H and O–H groups in total. The van der Waals surface area contributed by atoms with Gasteiger partial charge in [0.05, 0.1) is 0 Å². The number of allylic oxidation sites excluding steroid dienone is 1. The molecule has 0 aromatic heterocycles. The van der Waals surface area contributed by atoms with Gasteiger partial charge in [0.25, 0.3) is 0 Å². The third kappa shape index (κ3) is 5.60. The van der Waals surface area contributed by atoms with Gasteiger partial charge in [-0.05, 0) is 13.3 Å². The van der Waals surface area contributed by atoms with Crippen molar-refractivity contribution in [2.75, 3.05) is 0 Å². The minimum Gasteiger partial charge on any atom is -0.424 e. The lowest BCUT2D eigenvalue weighted by Crippen LogP contribution is -2.06. The van der Waals surface area contributed by atoms with Gasteiger partial charge in [-0.2, -0.15) is 0 Å². The first-order chi connectivity index (χ1) is 4.16. The van der Waals surface area contributed by atoms with Crippen molar-refractivity contribution in [3.05, 3.63) is 11.5 Å². The maximum absolute atomic E-state index is 8.43. The zero-order valence-corrected chi connectivity index (χ0v) is 5.96. The van der Waals surface area contributed by atoms with Crippen molar-refractivity contribution in [1.82, 2.24) is 0 Å². The van der Waals surface area contributed by atoms with E-state index in [1.807, 2.05) is 6.92 Å². The molecule has 0 saturated carbocycles. The van der Waals surface area contributed by atoms with Crippen molar-refractivity contribution >= 4 is 7.12 Å². The van der Waals surface area contributed by atoms with E-state index in [1.54, 1.807) is 0 Å². The van der Waals surface area contributed by atoms with Crippen LogP contribution in [0.2, 0.25) is 0 Å². The van der Waals surface area contributed by atoms with Crippen LogP contribution in [0.15, 0.2) is 11.5 Å². The number of rotatable bonds is 3. The standard InChI is InChI=1S/C6H13BO2/c1-3-4-6(2)5-7(8)9/h5,8-9H,3-4H2,1-2H3/b6-5+. The van der Waals surface area contributed by atoms with Gasteiger partial charge < -0.3 is 10.0 Å². The molecule has 0 aromatic carbocycles. The van der Waals surface area contributed by atoms with Crippen LogP contribution in [0, 0.1) is 0 Å². The summed E-state index contributed by atoms with van der Waals surface area (Å²) >= 11 is 0. The first-order valence-electron chi connectivity index (χ1n) is 3.20. The van der Waals surface area contributed by atoms with Gasteiger partial charge in [-0.25, -0.2) is 0 Å². The molecular weight excluding hydrogens is 115 g/mol. The Morgan fingerprint density at radius 1 is 1.56 bits per heavy atom. The number of hydrogen-bond donors (Lipinski definition) is 2. The summed E-state index contributed by atoms with van der Waals surface area (Å²) in [6.45, 7) is 3.95. The molecule has 0 radical (unpaired) electrons. The molecule has 0 heterocycles. The summed E-state index contributed by atoms with van der Waals surface area (Å²) < 4.78 is 0. The molecule has 0 unspecified atom stereocenters. The van der Waals surface area contributed by atoms with Gasteiger partial charge >= 0.3 is 7.12 Å². The number of hydrogen-bond acceptors (Lipinski definition) is 2. The summed E-state index contributed by atoms with van der Waals surface area (Å²) in [4.78, 5) is 0. The van der Waals surface area contributed by atoms with E-state index in [-0.39, 0.29) is 0 Å². The van der Waals surface area contributed by atoms with E-state index in [2.05, 4.69) is 6.92 Å². The average Bonchev–Trinajstić information content (AvgIpc) is 1.63. The molecule has 3 heteroatoms. The summed E-state index contributed by atoms with van der Waals surface area (Å²) in [5.74, 6) is 1.45. The highest BCUT2D eigenvalue weighted by Crippen LogP contribution is 2.01. The fourth-order valence-corrected chi connectivity index (χ4v) is 0.732. The summed E-state index contributed by atoms with van der Waals surface area (Å²) in [6.07, 6.45) is 1.99. The Kier molecular flexibility index (Phi) is 4.45. The molecule has 0 aliphatic rings. The lowest BCUT2D eigenvalue weighted by atomic mass is 9.88. The fraction of sp³-hybridized carbons (Fsp3) is 0.667. The molecule has 2 nitrogen and oxygen atoms in total. The topological polar surface area (TPSA) is 40.5 Å². The molecule has 0 fully saturated rings. The second kappa shape index (κ2) is 4.59. The summed E-state index contributed by atoms with van der Waals surface area (Å²) in [6, 6.07) is 0. The van der Waals surface area contributed by atoms with E-state index in [9.17, 15) is 0 Å². The van der Waals surface area contributed by atoms with Crippen LogP contribution in [0.3, 0.4) is 0 Å². The second-order valence-corrected chi connectivity index (χ2v) is 2.18. The summed E-state index contributed by atoms with van der Waals surface area (Å²) in [5.41, 5.74) is 1.03. The van der Waals surface area contributed by atoms with Crippen molar-refractivity contribution in [2.24, 2.45) is 0 Å². The Morgan fingerprint density at radius 2 is 2.11 bits per heavy atom. The molecule has 0 amide bonds. The van der Waals surface area contributed by atoms with Gasteiger partial charge in [0.15, 0.2) is 0 Å². The predicted molar refractivity (Wildman–Crippen MR) is 38.9 cm³/mol. The van der Waals surface area contributed by atoms with Gasteiger partial charge in [-0.15, -0.1) is 0 Å². The lowest BCUT2D eigenvalue weighted by Gasteiger charge is -1.95. The molecular formula is C6H13BO2. The Morgan fingerprint density at radius 3 is 2.44 bits per heavy atom. The molecule has 52 valence electrons. The third-order valence-electron chi connectivity index (χ3n) is 1.08. The van der Waals surface area contributed by atoms with E-state index in [1.165, 1.54) is 5.98 Å². The van der Waals surface area contributed by atoms with E-state index < -0.39 is 7.12 Å². The highest BCUT2D eigenvalue weighted by atomic mass is 16.4. The Balaban J connectivity index is 3.55. The third-order valence-corrected chi connectivity index (χ3v) is 1.08. The average molecular weight is 128 g/mol. The molecule has 0 spiro atoms. The Bertz CT molecular complexity index is 99.2. The van der Waals surface area contributed by atoms with Gasteiger partial charge in [-0.1, -0.05) is 24.9 Å². The molecule has 9 heavy (non-hydrogen) atoms. The van der Waals surface area contributed by atoms with Gasteiger partial charge in [0, 0.05) is 0 Å². The molecule has 0 rings (SSSR count). The van der Waals surface area contributed by atoms with Crippen LogP contribution in [0.4, 0.5) is 0 Å². The van der Waals surface area contributed by atoms with Gasteiger partial charge in [0.1, 0.15) is 0 Å².